The van der Waals surface area contributed by atoms with Gasteiger partial charge in [-0.15, -0.1) is 0 Å². The van der Waals surface area contributed by atoms with E-state index in [1.807, 2.05) is 18.3 Å². The monoisotopic (exact) mass is 230 g/mol. The van der Waals surface area contributed by atoms with Gasteiger partial charge in [-0.2, -0.15) is 0 Å². The lowest BCUT2D eigenvalue weighted by Crippen LogP contribution is -2.24. The SMILES string of the molecule is c1ccc2c(OCCN3CCCC3)c[nH]c2c1. The van der Waals surface area contributed by atoms with Crippen LogP contribution in [0.4, 0.5) is 0 Å². The lowest BCUT2D eigenvalue weighted by atomic mass is 10.2. The Bertz CT molecular complexity index is 486. The predicted molar refractivity (Wildman–Crippen MR) is 69.5 cm³/mol. The third-order valence-electron chi connectivity index (χ3n) is 3.42. The number of para-hydroxylation sites is 1. The van der Waals surface area contributed by atoms with Crippen molar-refractivity contribution in [2.45, 2.75) is 12.8 Å². The number of ether oxygens (including phenoxy) is 1. The topological polar surface area (TPSA) is 28.3 Å². The minimum Gasteiger partial charge on any atom is -0.490 e. The van der Waals surface area contributed by atoms with Gasteiger partial charge in [0.25, 0.3) is 0 Å². The fraction of sp³-hybridized carbons (Fsp3) is 0.429. The molecule has 1 aromatic heterocycles. The number of hydrogen-bond donors (Lipinski definition) is 1. The van der Waals surface area contributed by atoms with Crippen LogP contribution in [-0.4, -0.2) is 36.1 Å². The standard InChI is InChI=1S/C14H18N2O/c1-2-6-13-12(5-1)14(11-15-13)17-10-9-16-7-3-4-8-16/h1-2,5-6,11,15H,3-4,7-10H2. The number of rotatable bonds is 4. The summed E-state index contributed by atoms with van der Waals surface area (Å²) in [4.78, 5) is 5.70. The van der Waals surface area contributed by atoms with Crippen molar-refractivity contribution >= 4 is 10.9 Å². The average Bonchev–Trinajstić information content (AvgIpc) is 2.99. The zero-order valence-electron chi connectivity index (χ0n) is 9.98. The summed E-state index contributed by atoms with van der Waals surface area (Å²) in [5.41, 5.74) is 1.14. The molecule has 0 bridgehead atoms. The van der Waals surface area contributed by atoms with Crippen LogP contribution in [0.1, 0.15) is 12.8 Å². The van der Waals surface area contributed by atoms with E-state index in [-0.39, 0.29) is 0 Å². The summed E-state index contributed by atoms with van der Waals surface area (Å²) in [5, 5.41) is 1.17. The minimum atomic E-state index is 0.780. The van der Waals surface area contributed by atoms with Crippen LogP contribution in [0.15, 0.2) is 30.5 Å². The number of aromatic amines is 1. The van der Waals surface area contributed by atoms with Crippen molar-refractivity contribution in [3.8, 4) is 5.75 Å². The molecule has 3 nitrogen and oxygen atoms in total. The maximum absolute atomic E-state index is 5.85. The summed E-state index contributed by atoms with van der Waals surface area (Å²) >= 11 is 0. The Balaban J connectivity index is 1.60. The van der Waals surface area contributed by atoms with Crippen molar-refractivity contribution in [3.05, 3.63) is 30.5 Å². The fourth-order valence-corrected chi connectivity index (χ4v) is 2.46. The molecular formula is C14H18N2O. The third-order valence-corrected chi connectivity index (χ3v) is 3.42. The summed E-state index contributed by atoms with van der Waals surface area (Å²) in [6.45, 7) is 4.29. The predicted octanol–water partition coefficient (Wildman–Crippen LogP) is 2.64. The van der Waals surface area contributed by atoms with E-state index in [0.717, 1.165) is 24.4 Å². The van der Waals surface area contributed by atoms with Gasteiger partial charge in [0.1, 0.15) is 12.4 Å². The van der Waals surface area contributed by atoms with Crippen LogP contribution < -0.4 is 4.74 Å². The molecule has 0 amide bonds. The first-order valence-corrected chi connectivity index (χ1v) is 6.35. The smallest absolute Gasteiger partial charge is 0.144 e. The van der Waals surface area contributed by atoms with Crippen LogP contribution in [0, 0.1) is 0 Å². The Morgan fingerprint density at radius 1 is 1.18 bits per heavy atom. The number of hydrogen-bond acceptors (Lipinski definition) is 2. The second-order valence-electron chi connectivity index (χ2n) is 4.60. The van der Waals surface area contributed by atoms with E-state index < -0.39 is 0 Å². The molecule has 3 rings (SSSR count). The van der Waals surface area contributed by atoms with Gasteiger partial charge >= 0.3 is 0 Å². The number of aromatic nitrogens is 1. The highest BCUT2D eigenvalue weighted by Gasteiger charge is 2.11. The molecule has 1 saturated heterocycles. The molecule has 0 aliphatic carbocycles. The molecule has 1 aliphatic heterocycles. The van der Waals surface area contributed by atoms with E-state index in [1.54, 1.807) is 0 Å². The second-order valence-corrected chi connectivity index (χ2v) is 4.60. The maximum atomic E-state index is 5.85. The Morgan fingerprint density at radius 3 is 2.88 bits per heavy atom. The second kappa shape index (κ2) is 4.80. The van der Waals surface area contributed by atoms with E-state index in [0.29, 0.717) is 0 Å². The van der Waals surface area contributed by atoms with E-state index in [9.17, 15) is 0 Å². The van der Waals surface area contributed by atoms with Gasteiger partial charge in [0.2, 0.25) is 0 Å². The first-order valence-electron chi connectivity index (χ1n) is 6.35. The highest BCUT2D eigenvalue weighted by molar-refractivity contribution is 5.85. The van der Waals surface area contributed by atoms with Gasteiger partial charge in [-0.05, 0) is 38.1 Å². The molecule has 0 unspecified atom stereocenters. The summed E-state index contributed by atoms with van der Waals surface area (Å²) in [7, 11) is 0. The van der Waals surface area contributed by atoms with E-state index in [1.165, 1.54) is 31.3 Å². The lowest BCUT2D eigenvalue weighted by molar-refractivity contribution is 0.239. The molecule has 0 atom stereocenters. The van der Waals surface area contributed by atoms with Crippen molar-refractivity contribution in [2.75, 3.05) is 26.2 Å². The van der Waals surface area contributed by atoms with Crippen molar-refractivity contribution < 1.29 is 4.74 Å². The van der Waals surface area contributed by atoms with Crippen LogP contribution in [0.5, 0.6) is 5.75 Å². The van der Waals surface area contributed by atoms with Crippen LogP contribution in [-0.2, 0) is 0 Å². The number of likely N-dealkylation sites (tertiary alicyclic amines) is 1. The molecule has 17 heavy (non-hydrogen) atoms. The first kappa shape index (κ1) is 10.7. The zero-order valence-corrected chi connectivity index (χ0v) is 9.98. The van der Waals surface area contributed by atoms with Gasteiger partial charge in [-0.25, -0.2) is 0 Å². The number of H-pyrrole nitrogens is 1. The van der Waals surface area contributed by atoms with Crippen molar-refractivity contribution in [2.24, 2.45) is 0 Å². The number of benzene rings is 1. The van der Waals surface area contributed by atoms with Gasteiger partial charge in [0.05, 0.1) is 0 Å². The van der Waals surface area contributed by atoms with Gasteiger partial charge in [0.15, 0.2) is 0 Å². The van der Waals surface area contributed by atoms with E-state index >= 15 is 0 Å². The number of nitrogens with one attached hydrogen (secondary N) is 1. The molecular weight excluding hydrogens is 212 g/mol. The van der Waals surface area contributed by atoms with Crippen molar-refractivity contribution in [3.63, 3.8) is 0 Å². The van der Waals surface area contributed by atoms with Gasteiger partial charge in [-0.1, -0.05) is 12.1 Å². The molecule has 0 saturated carbocycles. The Hall–Kier alpha value is -1.48. The fourth-order valence-electron chi connectivity index (χ4n) is 2.46. The molecule has 2 aromatic rings. The van der Waals surface area contributed by atoms with Crippen LogP contribution in [0.25, 0.3) is 10.9 Å². The average molecular weight is 230 g/mol. The third kappa shape index (κ3) is 2.29. The molecule has 0 radical (unpaired) electrons. The quantitative estimate of drug-likeness (QED) is 0.874. The Labute approximate surface area is 101 Å². The first-order chi connectivity index (χ1) is 8.43. The minimum absolute atomic E-state index is 0.780. The van der Waals surface area contributed by atoms with Gasteiger partial charge in [0, 0.05) is 23.6 Å². The molecule has 3 heteroatoms. The maximum Gasteiger partial charge on any atom is 0.144 e. The summed E-state index contributed by atoms with van der Waals surface area (Å²) in [6, 6.07) is 8.25. The molecule has 2 heterocycles. The molecule has 1 fully saturated rings. The van der Waals surface area contributed by atoms with Crippen molar-refractivity contribution in [1.82, 2.24) is 9.88 Å². The van der Waals surface area contributed by atoms with Crippen LogP contribution in [0.2, 0.25) is 0 Å². The van der Waals surface area contributed by atoms with Gasteiger partial charge in [-0.3, -0.25) is 4.90 Å². The summed E-state index contributed by atoms with van der Waals surface area (Å²) in [6.07, 6.45) is 4.63. The summed E-state index contributed by atoms with van der Waals surface area (Å²) < 4.78 is 5.85. The highest BCUT2D eigenvalue weighted by atomic mass is 16.5. The van der Waals surface area contributed by atoms with E-state index in [4.69, 9.17) is 4.74 Å². The number of fused-ring (bicyclic) bond motifs is 1. The van der Waals surface area contributed by atoms with Gasteiger partial charge < -0.3 is 9.72 Å². The molecule has 1 aromatic carbocycles. The van der Waals surface area contributed by atoms with Crippen LogP contribution >= 0.6 is 0 Å². The number of nitrogens with zero attached hydrogens (tertiary/aromatic N) is 1. The molecule has 0 spiro atoms. The summed E-state index contributed by atoms with van der Waals surface area (Å²) in [5.74, 6) is 0.972. The molecule has 90 valence electrons. The molecule has 1 N–H and O–H groups in total. The largest absolute Gasteiger partial charge is 0.490 e. The Kier molecular flexibility index (Phi) is 3.01. The zero-order chi connectivity index (χ0) is 11.5. The van der Waals surface area contributed by atoms with Crippen molar-refractivity contribution in [1.29, 1.82) is 0 Å². The lowest BCUT2D eigenvalue weighted by Gasteiger charge is -2.14. The van der Waals surface area contributed by atoms with E-state index in [2.05, 4.69) is 22.0 Å². The highest BCUT2D eigenvalue weighted by Crippen LogP contribution is 2.24. The Morgan fingerprint density at radius 2 is 2.00 bits per heavy atom. The molecule has 1 aliphatic rings. The van der Waals surface area contributed by atoms with Crippen LogP contribution in [0.3, 0.4) is 0 Å². The normalized spacial score (nSPS) is 16.7.